The number of amides is 1. The van der Waals surface area contributed by atoms with Crippen LogP contribution in [0.2, 0.25) is 0 Å². The van der Waals surface area contributed by atoms with Crippen LogP contribution in [0, 0.1) is 5.92 Å². The molecule has 1 saturated heterocycles. The minimum atomic E-state index is -0.0129. The summed E-state index contributed by atoms with van der Waals surface area (Å²) in [6, 6.07) is 2.18. The summed E-state index contributed by atoms with van der Waals surface area (Å²) in [4.78, 5) is 22.7. The predicted molar refractivity (Wildman–Crippen MR) is 80.3 cm³/mol. The van der Waals surface area contributed by atoms with E-state index in [1.807, 2.05) is 24.1 Å². The minimum absolute atomic E-state index is 0.0129. The highest BCUT2D eigenvalue weighted by molar-refractivity contribution is 6.05. The van der Waals surface area contributed by atoms with Crippen molar-refractivity contribution in [2.24, 2.45) is 5.92 Å². The van der Waals surface area contributed by atoms with Gasteiger partial charge in [0.25, 0.3) is 0 Å². The summed E-state index contributed by atoms with van der Waals surface area (Å²) >= 11 is 0. The normalized spacial score (nSPS) is 23.6. The van der Waals surface area contributed by atoms with Gasteiger partial charge >= 0.3 is 0 Å². The van der Waals surface area contributed by atoms with Gasteiger partial charge in [-0.25, -0.2) is 4.98 Å². The predicted octanol–water partition coefficient (Wildman–Crippen LogP) is 2.27. The van der Waals surface area contributed by atoms with Crippen molar-refractivity contribution in [1.82, 2.24) is 9.97 Å². The standard InChI is InChI=1S/C16H19N3O2/c1-10-8-11-9-18-13-2-5-17-15(14(11)13)19(16(10)20)12-3-6-21-7-4-12/h2,5,9-10,12,18H,3-4,6-8H2,1H3. The lowest BCUT2D eigenvalue weighted by atomic mass is 10.0. The molecule has 0 aromatic carbocycles. The van der Waals surface area contributed by atoms with Gasteiger partial charge in [0.15, 0.2) is 0 Å². The van der Waals surface area contributed by atoms with Gasteiger partial charge in [0.2, 0.25) is 5.91 Å². The first-order valence-electron chi connectivity index (χ1n) is 7.61. The van der Waals surface area contributed by atoms with Gasteiger partial charge in [-0.2, -0.15) is 0 Å². The van der Waals surface area contributed by atoms with Crippen molar-refractivity contribution >= 4 is 22.6 Å². The van der Waals surface area contributed by atoms with E-state index in [1.165, 1.54) is 5.56 Å². The average Bonchev–Trinajstić information content (AvgIpc) is 2.88. The Balaban J connectivity index is 1.89. The highest BCUT2D eigenvalue weighted by Gasteiger charge is 2.35. The molecule has 0 aliphatic carbocycles. The van der Waals surface area contributed by atoms with E-state index < -0.39 is 0 Å². The van der Waals surface area contributed by atoms with Gasteiger partial charge in [-0.15, -0.1) is 0 Å². The van der Waals surface area contributed by atoms with Crippen LogP contribution in [0.4, 0.5) is 5.82 Å². The number of H-pyrrole nitrogens is 1. The molecule has 1 fully saturated rings. The Morgan fingerprint density at radius 1 is 1.38 bits per heavy atom. The monoisotopic (exact) mass is 285 g/mol. The van der Waals surface area contributed by atoms with Gasteiger partial charge in [0, 0.05) is 43.0 Å². The zero-order valence-corrected chi connectivity index (χ0v) is 12.1. The third-order valence-electron chi connectivity index (χ3n) is 4.62. The molecule has 2 aromatic rings. The van der Waals surface area contributed by atoms with Crippen LogP contribution in [0.5, 0.6) is 0 Å². The summed E-state index contributed by atoms with van der Waals surface area (Å²) in [5.41, 5.74) is 2.26. The largest absolute Gasteiger partial charge is 0.381 e. The number of aromatic nitrogens is 2. The van der Waals surface area contributed by atoms with Gasteiger partial charge in [0.05, 0.1) is 5.52 Å². The molecular weight excluding hydrogens is 266 g/mol. The second-order valence-corrected chi connectivity index (χ2v) is 6.03. The van der Waals surface area contributed by atoms with Crippen LogP contribution in [-0.4, -0.2) is 35.1 Å². The smallest absolute Gasteiger partial charge is 0.231 e. The molecular formula is C16H19N3O2. The molecule has 1 amide bonds. The first kappa shape index (κ1) is 12.8. The van der Waals surface area contributed by atoms with E-state index in [-0.39, 0.29) is 17.9 Å². The molecule has 0 spiro atoms. The summed E-state index contributed by atoms with van der Waals surface area (Å²) in [7, 11) is 0. The van der Waals surface area contributed by atoms with Crippen molar-refractivity contribution in [3.8, 4) is 0 Å². The first-order chi connectivity index (χ1) is 10.3. The van der Waals surface area contributed by atoms with Gasteiger partial charge in [-0.1, -0.05) is 6.92 Å². The molecule has 2 aliphatic rings. The molecule has 1 atom stereocenters. The minimum Gasteiger partial charge on any atom is -0.381 e. The Bertz CT molecular complexity index is 688. The number of carbonyl (C=O) groups is 1. The van der Waals surface area contributed by atoms with E-state index in [0.29, 0.717) is 0 Å². The van der Waals surface area contributed by atoms with Gasteiger partial charge < -0.3 is 9.72 Å². The number of nitrogens with zero attached hydrogens (tertiary/aromatic N) is 2. The van der Waals surface area contributed by atoms with Crippen molar-refractivity contribution in [1.29, 1.82) is 0 Å². The maximum Gasteiger partial charge on any atom is 0.231 e. The Hall–Kier alpha value is -1.88. The molecule has 1 N–H and O–H groups in total. The van der Waals surface area contributed by atoms with Crippen molar-refractivity contribution in [2.75, 3.05) is 18.1 Å². The summed E-state index contributed by atoms with van der Waals surface area (Å²) in [5, 5.41) is 1.11. The molecule has 0 saturated carbocycles. The third-order valence-corrected chi connectivity index (χ3v) is 4.62. The van der Waals surface area contributed by atoms with Crippen LogP contribution < -0.4 is 4.90 Å². The Labute approximate surface area is 123 Å². The number of aromatic amines is 1. The van der Waals surface area contributed by atoms with Gasteiger partial charge in [-0.05, 0) is 30.9 Å². The number of rotatable bonds is 1. The van der Waals surface area contributed by atoms with Crippen LogP contribution >= 0.6 is 0 Å². The number of hydrogen-bond donors (Lipinski definition) is 1. The van der Waals surface area contributed by atoms with E-state index in [0.717, 1.165) is 49.2 Å². The van der Waals surface area contributed by atoms with Crippen LogP contribution in [-0.2, 0) is 16.0 Å². The topological polar surface area (TPSA) is 58.2 Å². The molecule has 0 bridgehead atoms. The van der Waals surface area contributed by atoms with Gasteiger partial charge in [-0.3, -0.25) is 9.69 Å². The van der Waals surface area contributed by atoms with Crippen molar-refractivity contribution in [2.45, 2.75) is 32.2 Å². The summed E-state index contributed by atoms with van der Waals surface area (Å²) in [6.07, 6.45) is 6.35. The maximum absolute atomic E-state index is 12.9. The van der Waals surface area contributed by atoms with Crippen LogP contribution in [0.25, 0.3) is 10.9 Å². The summed E-state index contributed by atoms with van der Waals surface area (Å²) < 4.78 is 5.45. The van der Waals surface area contributed by atoms with Crippen molar-refractivity contribution in [3.63, 3.8) is 0 Å². The Kier molecular flexibility index (Phi) is 2.96. The highest BCUT2D eigenvalue weighted by Crippen LogP contribution is 2.36. The lowest BCUT2D eigenvalue weighted by molar-refractivity contribution is -0.122. The third kappa shape index (κ3) is 1.95. The van der Waals surface area contributed by atoms with E-state index in [1.54, 1.807) is 6.20 Å². The van der Waals surface area contributed by atoms with Gasteiger partial charge in [0.1, 0.15) is 5.82 Å². The molecule has 21 heavy (non-hydrogen) atoms. The Morgan fingerprint density at radius 2 is 2.19 bits per heavy atom. The zero-order valence-electron chi connectivity index (χ0n) is 12.1. The number of nitrogens with one attached hydrogen (secondary N) is 1. The zero-order chi connectivity index (χ0) is 14.4. The highest BCUT2D eigenvalue weighted by atomic mass is 16.5. The molecule has 2 aromatic heterocycles. The maximum atomic E-state index is 12.9. The Morgan fingerprint density at radius 3 is 3.00 bits per heavy atom. The van der Waals surface area contributed by atoms with E-state index in [9.17, 15) is 4.79 Å². The molecule has 5 nitrogen and oxygen atoms in total. The number of carbonyl (C=O) groups excluding carboxylic acids is 1. The fourth-order valence-corrected chi connectivity index (χ4v) is 3.52. The first-order valence-corrected chi connectivity index (χ1v) is 7.61. The summed E-state index contributed by atoms with van der Waals surface area (Å²) in [6.45, 7) is 3.46. The number of anilines is 1. The second-order valence-electron chi connectivity index (χ2n) is 6.03. The summed E-state index contributed by atoms with van der Waals surface area (Å²) in [5.74, 6) is 1.00. The molecule has 0 radical (unpaired) electrons. The lowest BCUT2D eigenvalue weighted by Gasteiger charge is -2.34. The second kappa shape index (κ2) is 4.84. The molecule has 110 valence electrons. The quantitative estimate of drug-likeness (QED) is 0.874. The van der Waals surface area contributed by atoms with Crippen molar-refractivity contribution in [3.05, 3.63) is 24.0 Å². The number of ether oxygens (including phenoxy) is 1. The van der Waals surface area contributed by atoms with E-state index in [4.69, 9.17) is 4.74 Å². The molecule has 4 heterocycles. The molecule has 4 rings (SSSR count). The number of hydrogen-bond acceptors (Lipinski definition) is 3. The fraction of sp³-hybridized carbons (Fsp3) is 0.500. The van der Waals surface area contributed by atoms with E-state index in [2.05, 4.69) is 9.97 Å². The van der Waals surface area contributed by atoms with Crippen LogP contribution in [0.3, 0.4) is 0 Å². The number of pyridine rings is 1. The molecule has 1 unspecified atom stereocenters. The van der Waals surface area contributed by atoms with Crippen LogP contribution in [0.1, 0.15) is 25.3 Å². The van der Waals surface area contributed by atoms with Crippen LogP contribution in [0.15, 0.2) is 18.5 Å². The molecule has 2 aliphatic heterocycles. The van der Waals surface area contributed by atoms with E-state index >= 15 is 0 Å². The molecule has 5 heteroatoms. The average molecular weight is 285 g/mol. The fourth-order valence-electron chi connectivity index (χ4n) is 3.52. The lowest BCUT2D eigenvalue weighted by Crippen LogP contribution is -2.46. The SMILES string of the molecule is CC1Cc2c[nH]c3ccnc(c23)N(C2CCOCC2)C1=O. The van der Waals surface area contributed by atoms with Crippen molar-refractivity contribution < 1.29 is 9.53 Å².